The highest BCUT2D eigenvalue weighted by atomic mass is 16.6. The van der Waals surface area contributed by atoms with Crippen molar-refractivity contribution in [1.29, 1.82) is 0 Å². The van der Waals surface area contributed by atoms with Gasteiger partial charge >= 0.3 is 5.97 Å². The molecule has 2 N–H and O–H groups in total. The molecule has 0 aromatic heterocycles. The zero-order chi connectivity index (χ0) is 20.9. The quantitative estimate of drug-likeness (QED) is 0.491. The summed E-state index contributed by atoms with van der Waals surface area (Å²) in [6.07, 6.45) is 1.87. The second-order valence-electron chi connectivity index (χ2n) is 8.23. The number of likely N-dealkylation sites (tertiary alicyclic amines) is 1. The largest absolute Gasteiger partial charge is 0.497 e. The highest BCUT2D eigenvalue weighted by molar-refractivity contribution is 5.73. The fraction of sp³-hybridized carbons (Fsp3) is 0.650. The summed E-state index contributed by atoms with van der Waals surface area (Å²) in [4.78, 5) is 24.5. The Kier molecular flexibility index (Phi) is 7.37. The topological polar surface area (TPSA) is 105 Å². The number of nitro benzene ring substituents is 1. The van der Waals surface area contributed by atoms with E-state index in [2.05, 4.69) is 10.2 Å². The first-order chi connectivity index (χ1) is 13.1. The van der Waals surface area contributed by atoms with Gasteiger partial charge in [-0.15, -0.1) is 0 Å². The van der Waals surface area contributed by atoms with Gasteiger partial charge in [-0.3, -0.25) is 14.9 Å². The van der Waals surface area contributed by atoms with Crippen molar-refractivity contribution >= 4 is 11.7 Å². The molecule has 1 fully saturated rings. The molecule has 1 aromatic rings. The minimum atomic E-state index is -0.776. The van der Waals surface area contributed by atoms with Gasteiger partial charge in [0.15, 0.2) is 0 Å². The van der Waals surface area contributed by atoms with Gasteiger partial charge in [0.1, 0.15) is 5.75 Å². The molecule has 1 atom stereocenters. The van der Waals surface area contributed by atoms with Crippen LogP contribution in [0.3, 0.4) is 0 Å². The zero-order valence-electron chi connectivity index (χ0n) is 17.1. The Labute approximate surface area is 166 Å². The summed E-state index contributed by atoms with van der Waals surface area (Å²) in [5, 5.41) is 24.1. The van der Waals surface area contributed by atoms with E-state index in [1.807, 2.05) is 6.92 Å². The number of nitro groups is 1. The monoisotopic (exact) mass is 393 g/mol. The van der Waals surface area contributed by atoms with Crippen LogP contribution in [0.5, 0.6) is 5.75 Å². The van der Waals surface area contributed by atoms with Crippen molar-refractivity contribution in [3.63, 3.8) is 0 Å². The van der Waals surface area contributed by atoms with Gasteiger partial charge in [-0.2, -0.15) is 0 Å². The molecule has 0 amide bonds. The van der Waals surface area contributed by atoms with Gasteiger partial charge in [-0.1, -0.05) is 6.92 Å². The van der Waals surface area contributed by atoms with Gasteiger partial charge in [0.05, 0.1) is 17.4 Å². The van der Waals surface area contributed by atoms with Crippen LogP contribution in [0.15, 0.2) is 18.2 Å². The van der Waals surface area contributed by atoms with E-state index >= 15 is 0 Å². The molecule has 0 saturated carbocycles. The molecule has 1 aromatic carbocycles. The number of nitrogens with one attached hydrogen (secondary N) is 1. The predicted octanol–water partition coefficient (Wildman–Crippen LogP) is 2.87. The fourth-order valence-electron chi connectivity index (χ4n) is 3.60. The highest BCUT2D eigenvalue weighted by Gasteiger charge is 2.31. The number of methoxy groups -OCH3 is 1. The SMILES string of the molecule is COc1ccc([N+](=O)[O-])c(C(C)CNC2CCN(CC(C)(C)C(=O)O)CC2)c1. The van der Waals surface area contributed by atoms with Crippen molar-refractivity contribution < 1.29 is 19.6 Å². The molecule has 1 unspecified atom stereocenters. The number of carbonyl (C=O) groups is 1. The van der Waals surface area contributed by atoms with E-state index in [1.165, 1.54) is 6.07 Å². The number of hydrogen-bond acceptors (Lipinski definition) is 6. The molecular weight excluding hydrogens is 362 g/mol. The van der Waals surface area contributed by atoms with Crippen molar-refractivity contribution in [2.24, 2.45) is 5.41 Å². The molecule has 156 valence electrons. The third-order valence-corrected chi connectivity index (χ3v) is 5.46. The van der Waals surface area contributed by atoms with E-state index < -0.39 is 11.4 Å². The fourth-order valence-corrected chi connectivity index (χ4v) is 3.60. The summed E-state index contributed by atoms with van der Waals surface area (Å²) >= 11 is 0. The highest BCUT2D eigenvalue weighted by Crippen LogP contribution is 2.30. The van der Waals surface area contributed by atoms with Gasteiger partial charge in [-0.05, 0) is 51.9 Å². The summed E-state index contributed by atoms with van der Waals surface area (Å²) in [5.74, 6) is -0.192. The first kappa shape index (κ1) is 22.1. The number of piperidine rings is 1. The van der Waals surface area contributed by atoms with E-state index in [4.69, 9.17) is 4.74 Å². The average molecular weight is 393 g/mol. The van der Waals surface area contributed by atoms with Gasteiger partial charge in [0, 0.05) is 36.7 Å². The average Bonchev–Trinajstić information content (AvgIpc) is 2.66. The molecule has 1 aliphatic heterocycles. The molecule has 0 aliphatic carbocycles. The normalized spacial score (nSPS) is 17.3. The molecule has 0 bridgehead atoms. The minimum absolute atomic E-state index is 0.0283. The molecule has 1 heterocycles. The zero-order valence-corrected chi connectivity index (χ0v) is 17.1. The maximum atomic E-state index is 11.3. The van der Waals surface area contributed by atoms with E-state index in [-0.39, 0.29) is 16.5 Å². The van der Waals surface area contributed by atoms with E-state index in [0.717, 1.165) is 25.9 Å². The standard InChI is InChI=1S/C20H31N3O5/c1-14(17-11-16(28-4)5-6-18(17)23(26)27)12-21-15-7-9-22(10-8-15)13-20(2,3)19(24)25/h5-6,11,14-15,21H,7-10,12-13H2,1-4H3,(H,24,25). The van der Waals surface area contributed by atoms with Crippen molar-refractivity contribution in [2.45, 2.75) is 45.6 Å². The van der Waals surface area contributed by atoms with Crippen LogP contribution in [-0.2, 0) is 4.79 Å². The Bertz CT molecular complexity index is 699. The molecule has 0 spiro atoms. The lowest BCUT2D eigenvalue weighted by Crippen LogP contribution is -2.47. The number of benzene rings is 1. The van der Waals surface area contributed by atoms with Gasteiger partial charge < -0.3 is 20.1 Å². The predicted molar refractivity (Wildman–Crippen MR) is 107 cm³/mol. The number of aliphatic carboxylic acids is 1. The maximum Gasteiger partial charge on any atom is 0.310 e. The Morgan fingerprint density at radius 3 is 2.61 bits per heavy atom. The smallest absolute Gasteiger partial charge is 0.310 e. The van der Waals surface area contributed by atoms with Crippen LogP contribution in [0.25, 0.3) is 0 Å². The van der Waals surface area contributed by atoms with Crippen LogP contribution in [0.2, 0.25) is 0 Å². The van der Waals surface area contributed by atoms with Gasteiger partial charge in [-0.25, -0.2) is 0 Å². The molecule has 8 nitrogen and oxygen atoms in total. The first-order valence-electron chi connectivity index (χ1n) is 9.65. The Balaban J connectivity index is 1.89. The van der Waals surface area contributed by atoms with Crippen LogP contribution >= 0.6 is 0 Å². The number of ether oxygens (including phenoxy) is 1. The van der Waals surface area contributed by atoms with E-state index in [0.29, 0.717) is 30.4 Å². The summed E-state index contributed by atoms with van der Waals surface area (Å²) in [7, 11) is 1.55. The van der Waals surface area contributed by atoms with Gasteiger partial charge in [0.2, 0.25) is 0 Å². The summed E-state index contributed by atoms with van der Waals surface area (Å²) in [6.45, 7) is 8.36. The lowest BCUT2D eigenvalue weighted by Gasteiger charge is -2.36. The molecule has 2 rings (SSSR count). The van der Waals surface area contributed by atoms with Crippen molar-refractivity contribution in [3.05, 3.63) is 33.9 Å². The van der Waals surface area contributed by atoms with Crippen LogP contribution in [0, 0.1) is 15.5 Å². The van der Waals surface area contributed by atoms with Crippen LogP contribution < -0.4 is 10.1 Å². The second-order valence-corrected chi connectivity index (χ2v) is 8.23. The Hall–Kier alpha value is -2.19. The third kappa shape index (κ3) is 5.65. The van der Waals surface area contributed by atoms with Crippen LogP contribution in [0.1, 0.15) is 45.1 Å². The third-order valence-electron chi connectivity index (χ3n) is 5.46. The Morgan fingerprint density at radius 2 is 2.07 bits per heavy atom. The Morgan fingerprint density at radius 1 is 1.43 bits per heavy atom. The summed E-state index contributed by atoms with van der Waals surface area (Å²) in [6, 6.07) is 5.17. The summed E-state index contributed by atoms with van der Waals surface area (Å²) < 4.78 is 5.21. The lowest BCUT2D eigenvalue weighted by atomic mass is 9.91. The number of carboxylic acid groups (broad SMARTS) is 1. The molecule has 8 heteroatoms. The molecule has 1 aliphatic rings. The van der Waals surface area contributed by atoms with Gasteiger partial charge in [0.25, 0.3) is 5.69 Å². The molecule has 0 radical (unpaired) electrons. The molecule has 28 heavy (non-hydrogen) atoms. The molecular formula is C20H31N3O5. The van der Waals surface area contributed by atoms with Crippen LogP contribution in [0.4, 0.5) is 5.69 Å². The van der Waals surface area contributed by atoms with Crippen molar-refractivity contribution in [3.8, 4) is 5.75 Å². The van der Waals surface area contributed by atoms with Crippen LogP contribution in [-0.4, -0.2) is 60.2 Å². The number of rotatable bonds is 9. The number of carboxylic acids is 1. The minimum Gasteiger partial charge on any atom is -0.497 e. The van der Waals surface area contributed by atoms with Crippen molar-refractivity contribution in [1.82, 2.24) is 10.2 Å². The second kappa shape index (κ2) is 9.34. The van der Waals surface area contributed by atoms with E-state index in [1.54, 1.807) is 33.1 Å². The maximum absolute atomic E-state index is 11.3. The number of hydrogen-bond donors (Lipinski definition) is 2. The first-order valence-corrected chi connectivity index (χ1v) is 9.65. The van der Waals surface area contributed by atoms with Crippen molar-refractivity contribution in [2.75, 3.05) is 33.3 Å². The van der Waals surface area contributed by atoms with E-state index in [9.17, 15) is 20.0 Å². The number of nitrogens with zero attached hydrogens (tertiary/aromatic N) is 2. The lowest BCUT2D eigenvalue weighted by molar-refractivity contribution is -0.385. The summed E-state index contributed by atoms with van der Waals surface area (Å²) in [5.41, 5.74) is 0.0263. The molecule has 1 saturated heterocycles.